The quantitative estimate of drug-likeness (QED) is 0.701. The molecule has 1 fully saturated rings. The summed E-state index contributed by atoms with van der Waals surface area (Å²) < 4.78 is 34.9. The maximum absolute atomic E-state index is 11.6. The number of hydroxylamine groups is 1. The van der Waals surface area contributed by atoms with Gasteiger partial charge in [0, 0.05) is 6.04 Å². The lowest BCUT2D eigenvalue weighted by Crippen LogP contribution is -2.34. The first-order valence-corrected chi connectivity index (χ1v) is 4.52. The Hall–Kier alpha value is -0.290. The van der Waals surface area contributed by atoms with E-state index in [1.165, 1.54) is 6.42 Å². The molecule has 2 nitrogen and oxygen atoms in total. The molecule has 5 heteroatoms. The van der Waals surface area contributed by atoms with Gasteiger partial charge in [-0.05, 0) is 12.8 Å². The summed E-state index contributed by atoms with van der Waals surface area (Å²) in [5.74, 6) is 0. The summed E-state index contributed by atoms with van der Waals surface area (Å²) in [6.07, 6.45) is 0.926. The summed E-state index contributed by atoms with van der Waals surface area (Å²) in [6.45, 7) is -1.20. The van der Waals surface area contributed by atoms with Gasteiger partial charge in [0.05, 0.1) is 0 Å². The van der Waals surface area contributed by atoms with Crippen molar-refractivity contribution >= 4 is 0 Å². The third-order valence-electron chi connectivity index (χ3n) is 2.09. The molecule has 1 saturated carbocycles. The SMILES string of the molecule is FC(F)(F)CONC1CCCCC1. The van der Waals surface area contributed by atoms with Crippen molar-refractivity contribution in [2.24, 2.45) is 0 Å². The molecule has 1 rings (SSSR count). The van der Waals surface area contributed by atoms with Gasteiger partial charge in [0.2, 0.25) is 0 Å². The van der Waals surface area contributed by atoms with E-state index >= 15 is 0 Å². The topological polar surface area (TPSA) is 21.3 Å². The molecule has 0 atom stereocenters. The highest BCUT2D eigenvalue weighted by molar-refractivity contribution is 4.68. The number of halogens is 3. The van der Waals surface area contributed by atoms with Gasteiger partial charge in [0.15, 0.2) is 6.61 Å². The van der Waals surface area contributed by atoms with Gasteiger partial charge in [0.1, 0.15) is 0 Å². The van der Waals surface area contributed by atoms with Gasteiger partial charge < -0.3 is 0 Å². The lowest BCUT2D eigenvalue weighted by Gasteiger charge is -2.22. The van der Waals surface area contributed by atoms with Crippen LogP contribution in [0.1, 0.15) is 32.1 Å². The molecule has 0 aromatic rings. The number of alkyl halides is 3. The van der Waals surface area contributed by atoms with E-state index in [0.29, 0.717) is 0 Å². The van der Waals surface area contributed by atoms with Crippen molar-refractivity contribution in [3.63, 3.8) is 0 Å². The Bertz CT molecular complexity index is 143. The molecule has 1 aliphatic carbocycles. The minimum atomic E-state index is -4.23. The molecule has 0 aromatic carbocycles. The van der Waals surface area contributed by atoms with E-state index < -0.39 is 12.8 Å². The van der Waals surface area contributed by atoms with Crippen LogP contribution in [0.15, 0.2) is 0 Å². The highest BCUT2D eigenvalue weighted by Gasteiger charge is 2.28. The molecule has 78 valence electrons. The normalized spacial score (nSPS) is 20.5. The molecule has 0 saturated heterocycles. The Balaban J connectivity index is 2.04. The van der Waals surface area contributed by atoms with E-state index in [1.807, 2.05) is 0 Å². The second-order valence-electron chi connectivity index (χ2n) is 3.36. The maximum Gasteiger partial charge on any atom is 0.413 e. The highest BCUT2D eigenvalue weighted by Crippen LogP contribution is 2.18. The fourth-order valence-corrected chi connectivity index (χ4v) is 1.46. The Morgan fingerprint density at radius 1 is 1.15 bits per heavy atom. The zero-order valence-corrected chi connectivity index (χ0v) is 7.36. The Morgan fingerprint density at radius 3 is 2.31 bits per heavy atom. The number of nitrogens with one attached hydrogen (secondary N) is 1. The highest BCUT2D eigenvalue weighted by atomic mass is 19.4. The first-order chi connectivity index (χ1) is 6.08. The smallest absolute Gasteiger partial charge is 0.292 e. The summed E-state index contributed by atoms with van der Waals surface area (Å²) >= 11 is 0. The molecule has 0 bridgehead atoms. The van der Waals surface area contributed by atoms with Crippen molar-refractivity contribution in [1.82, 2.24) is 5.48 Å². The summed E-state index contributed by atoms with van der Waals surface area (Å²) in [6, 6.07) is 0.107. The van der Waals surface area contributed by atoms with Crippen LogP contribution in [0.3, 0.4) is 0 Å². The first-order valence-electron chi connectivity index (χ1n) is 4.52. The first kappa shape index (κ1) is 10.8. The van der Waals surface area contributed by atoms with Gasteiger partial charge in [-0.15, -0.1) is 0 Å². The van der Waals surface area contributed by atoms with Crippen LogP contribution < -0.4 is 5.48 Å². The molecule has 0 heterocycles. The summed E-state index contributed by atoms with van der Waals surface area (Å²) in [7, 11) is 0. The van der Waals surface area contributed by atoms with Gasteiger partial charge in [0.25, 0.3) is 0 Å². The van der Waals surface area contributed by atoms with Crippen LogP contribution >= 0.6 is 0 Å². The second-order valence-corrected chi connectivity index (χ2v) is 3.36. The van der Waals surface area contributed by atoms with E-state index in [0.717, 1.165) is 25.7 Å². The van der Waals surface area contributed by atoms with Crippen molar-refractivity contribution in [3.05, 3.63) is 0 Å². The van der Waals surface area contributed by atoms with Crippen LogP contribution in [0.2, 0.25) is 0 Å². The lowest BCUT2D eigenvalue weighted by molar-refractivity contribution is -0.193. The monoisotopic (exact) mass is 197 g/mol. The Labute approximate surface area is 75.4 Å². The van der Waals surface area contributed by atoms with E-state index in [1.54, 1.807) is 0 Å². The van der Waals surface area contributed by atoms with Crippen LogP contribution in [-0.4, -0.2) is 18.8 Å². The fourth-order valence-electron chi connectivity index (χ4n) is 1.46. The number of hydrogen-bond acceptors (Lipinski definition) is 2. The van der Waals surface area contributed by atoms with Crippen LogP contribution in [0.5, 0.6) is 0 Å². The molecule has 13 heavy (non-hydrogen) atoms. The van der Waals surface area contributed by atoms with Crippen LogP contribution in [-0.2, 0) is 4.84 Å². The maximum atomic E-state index is 11.6. The van der Waals surface area contributed by atoms with E-state index in [2.05, 4.69) is 10.3 Å². The summed E-state index contributed by atoms with van der Waals surface area (Å²) in [5.41, 5.74) is 2.46. The Kier molecular flexibility index (Phi) is 3.99. The number of rotatable bonds is 3. The molecule has 1 aliphatic rings. The van der Waals surface area contributed by atoms with Gasteiger partial charge >= 0.3 is 6.18 Å². The third kappa shape index (κ3) is 5.10. The molecule has 1 N–H and O–H groups in total. The van der Waals surface area contributed by atoms with Crippen LogP contribution in [0, 0.1) is 0 Å². The van der Waals surface area contributed by atoms with Crippen molar-refractivity contribution in [3.8, 4) is 0 Å². The van der Waals surface area contributed by atoms with Crippen molar-refractivity contribution < 1.29 is 18.0 Å². The standard InChI is InChI=1S/C8H14F3NO/c9-8(10,11)6-13-12-7-4-2-1-3-5-7/h7,12H,1-6H2. The molecule has 0 unspecified atom stereocenters. The van der Waals surface area contributed by atoms with Gasteiger partial charge in [-0.3, -0.25) is 4.84 Å². The van der Waals surface area contributed by atoms with E-state index in [-0.39, 0.29) is 6.04 Å². The third-order valence-corrected chi connectivity index (χ3v) is 2.09. The summed E-state index contributed by atoms with van der Waals surface area (Å²) in [4.78, 5) is 4.36. The predicted octanol–water partition coefficient (Wildman–Crippen LogP) is 2.40. The Morgan fingerprint density at radius 2 is 1.77 bits per heavy atom. The zero-order chi connectivity index (χ0) is 9.73. The second kappa shape index (κ2) is 4.81. The minimum Gasteiger partial charge on any atom is -0.292 e. The van der Waals surface area contributed by atoms with Gasteiger partial charge in [-0.2, -0.15) is 18.7 Å². The fraction of sp³-hybridized carbons (Fsp3) is 1.00. The minimum absolute atomic E-state index is 0.107. The number of hydrogen-bond donors (Lipinski definition) is 1. The molecular formula is C8H14F3NO. The van der Waals surface area contributed by atoms with Crippen LogP contribution in [0.4, 0.5) is 13.2 Å². The molecular weight excluding hydrogens is 183 g/mol. The summed E-state index contributed by atoms with van der Waals surface area (Å²) in [5, 5.41) is 0. The van der Waals surface area contributed by atoms with Crippen molar-refractivity contribution in [2.75, 3.05) is 6.61 Å². The van der Waals surface area contributed by atoms with Crippen molar-refractivity contribution in [2.45, 2.75) is 44.3 Å². The average molecular weight is 197 g/mol. The molecule has 0 amide bonds. The zero-order valence-electron chi connectivity index (χ0n) is 7.36. The van der Waals surface area contributed by atoms with Gasteiger partial charge in [-0.1, -0.05) is 19.3 Å². The van der Waals surface area contributed by atoms with E-state index in [9.17, 15) is 13.2 Å². The molecule has 0 spiro atoms. The average Bonchev–Trinajstić information content (AvgIpc) is 2.04. The lowest BCUT2D eigenvalue weighted by atomic mass is 9.96. The van der Waals surface area contributed by atoms with Crippen molar-refractivity contribution in [1.29, 1.82) is 0 Å². The predicted molar refractivity (Wildman–Crippen MR) is 42.0 cm³/mol. The largest absolute Gasteiger partial charge is 0.413 e. The van der Waals surface area contributed by atoms with Crippen LogP contribution in [0.25, 0.3) is 0 Å². The van der Waals surface area contributed by atoms with Gasteiger partial charge in [-0.25, -0.2) is 0 Å². The molecule has 0 aromatic heterocycles. The van der Waals surface area contributed by atoms with E-state index in [4.69, 9.17) is 0 Å². The molecule has 0 aliphatic heterocycles. The molecule has 0 radical (unpaired) electrons.